The lowest BCUT2D eigenvalue weighted by Gasteiger charge is -1.93. The molecule has 1 saturated carbocycles. The van der Waals surface area contributed by atoms with Crippen molar-refractivity contribution in [3.8, 4) is 0 Å². The van der Waals surface area contributed by atoms with Crippen molar-refractivity contribution in [1.29, 1.82) is 0 Å². The van der Waals surface area contributed by atoms with Gasteiger partial charge in [0.25, 0.3) is 0 Å². The van der Waals surface area contributed by atoms with Gasteiger partial charge < -0.3 is 0 Å². The minimum Gasteiger partial charge on any atom is -0.289 e. The van der Waals surface area contributed by atoms with Crippen LogP contribution in [-0.2, 0) is 4.79 Å². The fourth-order valence-corrected chi connectivity index (χ4v) is 3.43. The highest BCUT2D eigenvalue weighted by Gasteiger charge is 2.22. The van der Waals surface area contributed by atoms with Crippen LogP contribution in [0.2, 0.25) is 0 Å². The summed E-state index contributed by atoms with van der Waals surface area (Å²) in [5, 5.41) is 4.07. The molecule has 0 aliphatic heterocycles. The first-order valence-electron chi connectivity index (χ1n) is 5.86. The second kappa shape index (κ2) is 5.04. The highest BCUT2D eigenvalue weighted by molar-refractivity contribution is 7.11. The number of hydrogen-bond acceptors (Lipinski definition) is 3. The van der Waals surface area contributed by atoms with Gasteiger partial charge >= 0.3 is 0 Å². The van der Waals surface area contributed by atoms with Gasteiger partial charge in [-0.05, 0) is 47.9 Å². The zero-order valence-electron chi connectivity index (χ0n) is 9.76. The van der Waals surface area contributed by atoms with Gasteiger partial charge in [0, 0.05) is 20.9 Å². The summed E-state index contributed by atoms with van der Waals surface area (Å²) in [6, 6.07) is 8.12. The highest BCUT2D eigenvalue weighted by atomic mass is 32.1. The molecule has 3 rings (SSSR count). The maximum atomic E-state index is 12.2. The monoisotopic (exact) mass is 272 g/mol. The van der Waals surface area contributed by atoms with Gasteiger partial charge in [-0.15, -0.1) is 22.7 Å². The Labute approximate surface area is 114 Å². The first-order valence-corrected chi connectivity index (χ1v) is 7.62. The fourth-order valence-electron chi connectivity index (χ4n) is 2.07. The maximum Gasteiger partial charge on any atom is 0.185 e. The zero-order valence-corrected chi connectivity index (χ0v) is 11.4. The summed E-state index contributed by atoms with van der Waals surface area (Å²) in [7, 11) is 0. The molecule has 0 unspecified atom stereocenters. The Balaban J connectivity index is 1.85. The van der Waals surface area contributed by atoms with Crippen molar-refractivity contribution in [3.63, 3.8) is 0 Å². The van der Waals surface area contributed by atoms with E-state index in [0.29, 0.717) is 0 Å². The van der Waals surface area contributed by atoms with Crippen molar-refractivity contribution < 1.29 is 4.79 Å². The molecule has 0 saturated heterocycles. The molecule has 2 heterocycles. The summed E-state index contributed by atoms with van der Waals surface area (Å²) >= 11 is 3.34. The molecule has 2 aromatic heterocycles. The van der Waals surface area contributed by atoms with E-state index in [1.54, 1.807) is 22.7 Å². The molecule has 0 radical (unpaired) electrons. The quantitative estimate of drug-likeness (QED) is 0.728. The number of hydrogen-bond donors (Lipinski definition) is 0. The summed E-state index contributed by atoms with van der Waals surface area (Å²) in [4.78, 5) is 14.6. The van der Waals surface area contributed by atoms with Gasteiger partial charge in [0.05, 0.1) is 0 Å². The van der Waals surface area contributed by atoms with Crippen molar-refractivity contribution in [2.75, 3.05) is 0 Å². The van der Waals surface area contributed by atoms with E-state index in [-0.39, 0.29) is 5.78 Å². The molecule has 0 aromatic carbocycles. The number of thiophene rings is 2. The van der Waals surface area contributed by atoms with Crippen LogP contribution in [0.25, 0.3) is 12.2 Å². The number of allylic oxidation sites excluding steroid dienone is 2. The van der Waals surface area contributed by atoms with Crippen molar-refractivity contribution in [2.24, 2.45) is 0 Å². The number of carbonyl (C=O) groups is 1. The van der Waals surface area contributed by atoms with Gasteiger partial charge in [-0.1, -0.05) is 12.1 Å². The van der Waals surface area contributed by atoms with E-state index in [1.165, 1.54) is 0 Å². The Kier molecular flexibility index (Phi) is 3.26. The molecule has 90 valence electrons. The third-order valence-electron chi connectivity index (χ3n) is 2.97. The molecule has 0 spiro atoms. The summed E-state index contributed by atoms with van der Waals surface area (Å²) in [6.07, 6.45) is 5.80. The Morgan fingerprint density at radius 1 is 0.889 bits per heavy atom. The van der Waals surface area contributed by atoms with Crippen molar-refractivity contribution in [1.82, 2.24) is 0 Å². The van der Waals surface area contributed by atoms with Gasteiger partial charge in [0.1, 0.15) is 0 Å². The molecule has 3 heteroatoms. The Hall–Kier alpha value is -1.45. The number of carbonyl (C=O) groups excluding carboxylic acids is 1. The molecular weight excluding hydrogens is 260 g/mol. The first kappa shape index (κ1) is 11.6. The highest BCUT2D eigenvalue weighted by Crippen LogP contribution is 2.30. The zero-order chi connectivity index (χ0) is 12.4. The van der Waals surface area contributed by atoms with E-state index in [2.05, 4.69) is 0 Å². The molecular formula is C15H12OS2. The summed E-state index contributed by atoms with van der Waals surface area (Å²) in [6.45, 7) is 0. The van der Waals surface area contributed by atoms with Crippen LogP contribution in [0.1, 0.15) is 22.6 Å². The van der Waals surface area contributed by atoms with E-state index in [0.717, 1.165) is 33.7 Å². The van der Waals surface area contributed by atoms with Crippen molar-refractivity contribution >= 4 is 40.6 Å². The third kappa shape index (κ3) is 2.37. The van der Waals surface area contributed by atoms with Crippen LogP contribution in [-0.4, -0.2) is 5.78 Å². The Morgan fingerprint density at radius 3 is 1.78 bits per heavy atom. The molecule has 0 N–H and O–H groups in total. The van der Waals surface area contributed by atoms with Gasteiger partial charge in [-0.25, -0.2) is 0 Å². The van der Waals surface area contributed by atoms with Crippen LogP contribution in [0.15, 0.2) is 46.2 Å². The topological polar surface area (TPSA) is 17.1 Å². The van der Waals surface area contributed by atoms with Gasteiger partial charge in [-0.2, -0.15) is 0 Å². The fraction of sp³-hybridized carbons (Fsp3) is 0.133. The lowest BCUT2D eigenvalue weighted by Crippen LogP contribution is -1.94. The summed E-state index contributed by atoms with van der Waals surface area (Å²) in [5.74, 6) is 0.219. The predicted molar refractivity (Wildman–Crippen MR) is 78.8 cm³/mol. The molecule has 1 fully saturated rings. The van der Waals surface area contributed by atoms with Crippen LogP contribution in [0.4, 0.5) is 0 Å². The normalized spacial score (nSPS) is 20.1. The molecule has 18 heavy (non-hydrogen) atoms. The number of ketones is 1. The number of Topliss-reactive ketones (excluding diaryl/α,β-unsaturated/α-hetero) is 1. The molecule has 0 amide bonds. The SMILES string of the molecule is O=C1/C(=C/c2cccs2)CC/C1=C\c1cccs1. The predicted octanol–water partition coefficient (Wildman–Crippen LogP) is 4.64. The molecule has 1 aliphatic carbocycles. The molecule has 2 aromatic rings. The minimum absolute atomic E-state index is 0.219. The summed E-state index contributed by atoms with van der Waals surface area (Å²) in [5.41, 5.74) is 1.89. The standard InChI is InChI=1S/C15H12OS2/c16-15-11(9-13-3-1-7-17-13)5-6-12(15)10-14-4-2-8-18-14/h1-4,7-10H,5-6H2/b11-9+,12-10+. The first-order chi connectivity index (χ1) is 8.83. The molecule has 0 atom stereocenters. The van der Waals surface area contributed by atoms with E-state index < -0.39 is 0 Å². The van der Waals surface area contributed by atoms with E-state index in [1.807, 2.05) is 47.2 Å². The van der Waals surface area contributed by atoms with Gasteiger partial charge in [0.15, 0.2) is 5.78 Å². The number of rotatable bonds is 2. The van der Waals surface area contributed by atoms with Gasteiger partial charge in [-0.3, -0.25) is 4.79 Å². The lowest BCUT2D eigenvalue weighted by molar-refractivity contribution is -0.111. The van der Waals surface area contributed by atoms with Crippen molar-refractivity contribution in [2.45, 2.75) is 12.8 Å². The third-order valence-corrected chi connectivity index (χ3v) is 4.60. The Bertz CT molecular complexity index is 547. The van der Waals surface area contributed by atoms with Crippen molar-refractivity contribution in [3.05, 3.63) is 55.9 Å². The van der Waals surface area contributed by atoms with E-state index in [9.17, 15) is 4.79 Å². The van der Waals surface area contributed by atoms with E-state index >= 15 is 0 Å². The van der Waals surface area contributed by atoms with Gasteiger partial charge in [0.2, 0.25) is 0 Å². The van der Waals surface area contributed by atoms with E-state index in [4.69, 9.17) is 0 Å². The second-order valence-corrected chi connectivity index (χ2v) is 6.16. The lowest BCUT2D eigenvalue weighted by atomic mass is 10.1. The average Bonchev–Trinajstić information content (AvgIpc) is 3.08. The second-order valence-electron chi connectivity index (χ2n) is 4.20. The maximum absolute atomic E-state index is 12.2. The smallest absolute Gasteiger partial charge is 0.185 e. The largest absolute Gasteiger partial charge is 0.289 e. The van der Waals surface area contributed by atoms with Crippen LogP contribution in [0, 0.1) is 0 Å². The van der Waals surface area contributed by atoms with Crippen LogP contribution in [0.3, 0.4) is 0 Å². The minimum atomic E-state index is 0.219. The Morgan fingerprint density at radius 2 is 1.39 bits per heavy atom. The van der Waals surface area contributed by atoms with Crippen LogP contribution in [0.5, 0.6) is 0 Å². The average molecular weight is 272 g/mol. The molecule has 0 bridgehead atoms. The molecule has 1 nitrogen and oxygen atoms in total. The summed E-state index contributed by atoms with van der Waals surface area (Å²) < 4.78 is 0. The molecule has 1 aliphatic rings. The van der Waals surface area contributed by atoms with Crippen LogP contribution >= 0.6 is 22.7 Å². The van der Waals surface area contributed by atoms with Crippen LogP contribution < -0.4 is 0 Å².